The van der Waals surface area contributed by atoms with Crippen LogP contribution in [-0.2, 0) is 4.79 Å². The number of para-hydroxylation sites is 1. The largest absolute Gasteiger partial charge is 0.368 e. The van der Waals surface area contributed by atoms with Gasteiger partial charge in [-0.25, -0.2) is 0 Å². The van der Waals surface area contributed by atoms with Gasteiger partial charge in [0.1, 0.15) is 0 Å². The van der Waals surface area contributed by atoms with Gasteiger partial charge in [0, 0.05) is 44.3 Å². The fraction of sp³-hybridized carbons (Fsp3) is 0.562. The Bertz CT molecular complexity index is 411. The number of carbonyl (C=O) groups is 1. The second kappa shape index (κ2) is 7.29. The Morgan fingerprint density at radius 2 is 1.85 bits per heavy atom. The third-order valence-electron chi connectivity index (χ3n) is 3.80. The van der Waals surface area contributed by atoms with Gasteiger partial charge < -0.3 is 15.5 Å². The van der Waals surface area contributed by atoms with Gasteiger partial charge in [-0.2, -0.15) is 0 Å². The van der Waals surface area contributed by atoms with Crippen LogP contribution >= 0.6 is 0 Å². The van der Waals surface area contributed by atoms with Gasteiger partial charge in [-0.15, -0.1) is 0 Å². The van der Waals surface area contributed by atoms with Crippen LogP contribution in [-0.4, -0.2) is 43.0 Å². The molecule has 1 heterocycles. The lowest BCUT2D eigenvalue weighted by Gasteiger charge is -2.36. The average molecular weight is 275 g/mol. The maximum Gasteiger partial charge on any atom is 0.222 e. The molecule has 20 heavy (non-hydrogen) atoms. The van der Waals surface area contributed by atoms with E-state index in [0.29, 0.717) is 6.42 Å². The van der Waals surface area contributed by atoms with E-state index in [-0.39, 0.29) is 11.9 Å². The predicted octanol–water partition coefficient (Wildman–Crippen LogP) is 1.85. The number of piperazine rings is 1. The molecule has 0 aromatic heterocycles. The predicted molar refractivity (Wildman–Crippen MR) is 82.7 cm³/mol. The molecule has 1 amide bonds. The van der Waals surface area contributed by atoms with E-state index in [0.717, 1.165) is 39.0 Å². The summed E-state index contributed by atoms with van der Waals surface area (Å²) < 4.78 is 0. The first-order valence-corrected chi connectivity index (χ1v) is 7.50. The van der Waals surface area contributed by atoms with E-state index >= 15 is 0 Å². The molecule has 1 unspecified atom stereocenters. The molecule has 2 N–H and O–H groups in total. The van der Waals surface area contributed by atoms with Crippen molar-refractivity contribution >= 4 is 11.6 Å². The zero-order valence-corrected chi connectivity index (χ0v) is 12.3. The number of anilines is 1. The molecule has 0 spiro atoms. The standard InChI is InChI=1S/C16H25N3O/c1-14(17)6-5-9-16(20)19-12-10-18(11-13-19)15-7-3-2-4-8-15/h2-4,7-8,14H,5-6,9-13,17H2,1H3. The fourth-order valence-electron chi connectivity index (χ4n) is 2.59. The molecule has 110 valence electrons. The number of nitrogens with two attached hydrogens (primary N) is 1. The molecule has 2 rings (SSSR count). The highest BCUT2D eigenvalue weighted by molar-refractivity contribution is 5.76. The maximum atomic E-state index is 12.1. The van der Waals surface area contributed by atoms with Gasteiger partial charge in [0.15, 0.2) is 0 Å². The van der Waals surface area contributed by atoms with Gasteiger partial charge in [0.25, 0.3) is 0 Å². The second-order valence-corrected chi connectivity index (χ2v) is 5.57. The quantitative estimate of drug-likeness (QED) is 0.892. The van der Waals surface area contributed by atoms with Crippen molar-refractivity contribution in [3.05, 3.63) is 30.3 Å². The highest BCUT2D eigenvalue weighted by atomic mass is 16.2. The van der Waals surface area contributed by atoms with Crippen molar-refractivity contribution in [1.82, 2.24) is 4.90 Å². The van der Waals surface area contributed by atoms with Crippen LogP contribution < -0.4 is 10.6 Å². The van der Waals surface area contributed by atoms with Crippen LogP contribution in [0.4, 0.5) is 5.69 Å². The number of amides is 1. The summed E-state index contributed by atoms with van der Waals surface area (Å²) >= 11 is 0. The molecule has 0 bridgehead atoms. The molecule has 1 saturated heterocycles. The summed E-state index contributed by atoms with van der Waals surface area (Å²) in [5, 5.41) is 0. The number of rotatable bonds is 5. The number of hydrogen-bond acceptors (Lipinski definition) is 3. The van der Waals surface area contributed by atoms with E-state index in [1.165, 1.54) is 5.69 Å². The lowest BCUT2D eigenvalue weighted by molar-refractivity contribution is -0.131. The van der Waals surface area contributed by atoms with Crippen LogP contribution in [0.15, 0.2) is 30.3 Å². The summed E-state index contributed by atoms with van der Waals surface area (Å²) in [6.45, 7) is 5.48. The zero-order valence-electron chi connectivity index (χ0n) is 12.3. The van der Waals surface area contributed by atoms with Crippen molar-refractivity contribution in [2.75, 3.05) is 31.1 Å². The van der Waals surface area contributed by atoms with Gasteiger partial charge >= 0.3 is 0 Å². The third-order valence-corrected chi connectivity index (χ3v) is 3.80. The van der Waals surface area contributed by atoms with Crippen molar-refractivity contribution in [3.63, 3.8) is 0 Å². The second-order valence-electron chi connectivity index (χ2n) is 5.57. The molecule has 1 aliphatic rings. The lowest BCUT2D eigenvalue weighted by atomic mass is 10.1. The number of nitrogens with zero attached hydrogens (tertiary/aromatic N) is 2. The van der Waals surface area contributed by atoms with E-state index in [4.69, 9.17) is 5.73 Å². The molecular formula is C16H25N3O. The Morgan fingerprint density at radius 3 is 2.45 bits per heavy atom. The van der Waals surface area contributed by atoms with Gasteiger partial charge in [0.2, 0.25) is 5.91 Å². The molecule has 0 radical (unpaired) electrons. The third kappa shape index (κ3) is 4.23. The smallest absolute Gasteiger partial charge is 0.222 e. The molecule has 1 aliphatic heterocycles. The van der Waals surface area contributed by atoms with Crippen LogP contribution in [0, 0.1) is 0 Å². The molecule has 1 aromatic carbocycles. The molecular weight excluding hydrogens is 250 g/mol. The zero-order chi connectivity index (χ0) is 14.4. The Kier molecular flexibility index (Phi) is 5.41. The topological polar surface area (TPSA) is 49.6 Å². The van der Waals surface area contributed by atoms with Gasteiger partial charge in [-0.3, -0.25) is 4.79 Å². The number of benzene rings is 1. The number of carbonyl (C=O) groups excluding carboxylic acids is 1. The summed E-state index contributed by atoms with van der Waals surface area (Å²) in [6, 6.07) is 10.6. The monoisotopic (exact) mass is 275 g/mol. The van der Waals surface area contributed by atoms with Crippen molar-refractivity contribution in [1.29, 1.82) is 0 Å². The minimum atomic E-state index is 0.192. The van der Waals surface area contributed by atoms with Gasteiger partial charge in [-0.05, 0) is 31.9 Å². The normalized spacial score (nSPS) is 17.1. The first kappa shape index (κ1) is 14.9. The van der Waals surface area contributed by atoms with Crippen LogP contribution in [0.3, 0.4) is 0 Å². The maximum absolute atomic E-state index is 12.1. The number of hydrogen-bond donors (Lipinski definition) is 1. The molecule has 1 fully saturated rings. The summed E-state index contributed by atoms with van der Waals surface area (Å²) in [5.74, 6) is 0.276. The summed E-state index contributed by atoms with van der Waals surface area (Å²) in [4.78, 5) is 16.4. The van der Waals surface area contributed by atoms with E-state index in [1.807, 2.05) is 17.9 Å². The Hall–Kier alpha value is -1.55. The molecule has 0 aliphatic carbocycles. The van der Waals surface area contributed by atoms with Crippen LogP contribution in [0.25, 0.3) is 0 Å². The fourth-order valence-corrected chi connectivity index (χ4v) is 2.59. The highest BCUT2D eigenvalue weighted by Crippen LogP contribution is 2.16. The minimum absolute atomic E-state index is 0.192. The van der Waals surface area contributed by atoms with Crippen LogP contribution in [0.1, 0.15) is 26.2 Å². The lowest BCUT2D eigenvalue weighted by Crippen LogP contribution is -2.48. The van der Waals surface area contributed by atoms with Crippen molar-refractivity contribution in [3.8, 4) is 0 Å². The Labute approximate surface area is 121 Å². The van der Waals surface area contributed by atoms with Crippen LogP contribution in [0.5, 0.6) is 0 Å². The highest BCUT2D eigenvalue weighted by Gasteiger charge is 2.20. The van der Waals surface area contributed by atoms with Gasteiger partial charge in [-0.1, -0.05) is 18.2 Å². The van der Waals surface area contributed by atoms with Gasteiger partial charge in [0.05, 0.1) is 0 Å². The molecule has 0 saturated carbocycles. The van der Waals surface area contributed by atoms with E-state index in [2.05, 4.69) is 29.2 Å². The average Bonchev–Trinajstić information content (AvgIpc) is 2.48. The van der Waals surface area contributed by atoms with E-state index < -0.39 is 0 Å². The summed E-state index contributed by atoms with van der Waals surface area (Å²) in [5.41, 5.74) is 6.95. The Balaban J connectivity index is 1.75. The van der Waals surface area contributed by atoms with E-state index in [1.54, 1.807) is 0 Å². The molecule has 1 aromatic rings. The van der Waals surface area contributed by atoms with E-state index in [9.17, 15) is 4.79 Å². The Morgan fingerprint density at radius 1 is 1.20 bits per heavy atom. The van der Waals surface area contributed by atoms with Crippen molar-refractivity contribution in [2.45, 2.75) is 32.2 Å². The first-order chi connectivity index (χ1) is 9.66. The molecule has 4 heteroatoms. The summed E-state index contributed by atoms with van der Waals surface area (Å²) in [7, 11) is 0. The van der Waals surface area contributed by atoms with Crippen LogP contribution in [0.2, 0.25) is 0 Å². The summed E-state index contributed by atoms with van der Waals surface area (Å²) in [6.07, 6.45) is 2.46. The SMILES string of the molecule is CC(N)CCCC(=O)N1CCN(c2ccccc2)CC1. The minimum Gasteiger partial charge on any atom is -0.368 e. The first-order valence-electron chi connectivity index (χ1n) is 7.50. The van der Waals surface area contributed by atoms with Crippen molar-refractivity contribution < 1.29 is 4.79 Å². The molecule has 4 nitrogen and oxygen atoms in total. The van der Waals surface area contributed by atoms with Crippen molar-refractivity contribution in [2.24, 2.45) is 5.73 Å². The molecule has 1 atom stereocenters.